The van der Waals surface area contributed by atoms with Gasteiger partial charge < -0.3 is 4.57 Å². The molecular formula is C8H11F3N2. The summed E-state index contributed by atoms with van der Waals surface area (Å²) in [6.45, 7) is 2.25. The first-order valence-corrected chi connectivity index (χ1v) is 3.85. The van der Waals surface area contributed by atoms with Crippen LogP contribution in [0.2, 0.25) is 0 Å². The highest BCUT2D eigenvalue weighted by atomic mass is 19.4. The zero-order chi connectivity index (χ0) is 10.1. The largest absolute Gasteiger partial charge is 0.395 e. The lowest BCUT2D eigenvalue weighted by Crippen LogP contribution is -2.35. The van der Waals surface area contributed by atoms with Crippen molar-refractivity contribution >= 4 is 0 Å². The molecule has 0 aromatic carbocycles. The predicted molar refractivity (Wildman–Crippen MR) is 42.1 cm³/mol. The van der Waals surface area contributed by atoms with Gasteiger partial charge in [-0.15, -0.1) is 0 Å². The zero-order valence-electron chi connectivity index (χ0n) is 7.47. The van der Waals surface area contributed by atoms with Crippen LogP contribution in [0.4, 0.5) is 13.2 Å². The van der Waals surface area contributed by atoms with Gasteiger partial charge in [0, 0.05) is 18.9 Å². The van der Waals surface area contributed by atoms with E-state index in [-0.39, 0.29) is 6.54 Å². The van der Waals surface area contributed by atoms with Crippen LogP contribution in [0, 0.1) is 5.41 Å². The minimum absolute atomic E-state index is 0.101. The summed E-state index contributed by atoms with van der Waals surface area (Å²) in [4.78, 5) is 3.68. The molecule has 13 heavy (non-hydrogen) atoms. The van der Waals surface area contributed by atoms with Gasteiger partial charge in [-0.1, -0.05) is 0 Å². The molecule has 0 atom stereocenters. The second kappa shape index (κ2) is 3.05. The van der Waals surface area contributed by atoms with Gasteiger partial charge in [0.15, 0.2) is 0 Å². The first-order chi connectivity index (χ1) is 5.83. The Hall–Kier alpha value is -1.00. The summed E-state index contributed by atoms with van der Waals surface area (Å²) in [6, 6.07) is 0. The number of nitrogens with zero attached hydrogens (tertiary/aromatic N) is 2. The molecule has 0 saturated carbocycles. The Kier molecular flexibility index (Phi) is 2.36. The molecule has 0 bridgehead atoms. The average molecular weight is 192 g/mol. The predicted octanol–water partition coefficient (Wildman–Crippen LogP) is 2.47. The fourth-order valence-corrected chi connectivity index (χ4v) is 0.926. The van der Waals surface area contributed by atoms with Crippen molar-refractivity contribution in [3.63, 3.8) is 0 Å². The molecule has 1 aromatic heterocycles. The second-order valence-electron chi connectivity index (χ2n) is 3.62. The van der Waals surface area contributed by atoms with Gasteiger partial charge in [-0.05, 0) is 13.8 Å². The lowest BCUT2D eigenvalue weighted by Gasteiger charge is -2.27. The van der Waals surface area contributed by atoms with Crippen LogP contribution in [0.3, 0.4) is 0 Å². The minimum atomic E-state index is -4.18. The summed E-state index contributed by atoms with van der Waals surface area (Å²) in [5.41, 5.74) is -1.71. The highest BCUT2D eigenvalue weighted by Crippen LogP contribution is 2.38. The summed E-state index contributed by atoms with van der Waals surface area (Å²) in [5, 5.41) is 0. The number of imidazole rings is 1. The van der Waals surface area contributed by atoms with Crippen LogP contribution >= 0.6 is 0 Å². The quantitative estimate of drug-likeness (QED) is 0.703. The van der Waals surface area contributed by atoms with Gasteiger partial charge in [-0.2, -0.15) is 13.2 Å². The van der Waals surface area contributed by atoms with E-state index in [1.165, 1.54) is 37.1 Å². The molecule has 1 heterocycles. The highest BCUT2D eigenvalue weighted by molar-refractivity contribution is 4.82. The summed E-state index contributed by atoms with van der Waals surface area (Å²) in [5.74, 6) is 0. The van der Waals surface area contributed by atoms with Gasteiger partial charge in [0.1, 0.15) is 0 Å². The monoisotopic (exact) mass is 192 g/mol. The van der Waals surface area contributed by atoms with E-state index in [2.05, 4.69) is 4.98 Å². The molecule has 0 fully saturated rings. The van der Waals surface area contributed by atoms with Gasteiger partial charge >= 0.3 is 6.18 Å². The van der Waals surface area contributed by atoms with Crippen molar-refractivity contribution in [1.29, 1.82) is 0 Å². The average Bonchev–Trinajstić information content (AvgIpc) is 2.35. The zero-order valence-corrected chi connectivity index (χ0v) is 7.47. The van der Waals surface area contributed by atoms with E-state index in [1.54, 1.807) is 0 Å². The minimum Gasteiger partial charge on any atom is -0.337 e. The Morgan fingerprint density at radius 3 is 2.31 bits per heavy atom. The van der Waals surface area contributed by atoms with E-state index < -0.39 is 11.6 Å². The van der Waals surface area contributed by atoms with E-state index in [0.717, 1.165) is 0 Å². The summed E-state index contributed by atoms with van der Waals surface area (Å²) >= 11 is 0. The maximum absolute atomic E-state index is 12.4. The summed E-state index contributed by atoms with van der Waals surface area (Å²) < 4.78 is 38.6. The maximum atomic E-state index is 12.4. The molecule has 0 aliphatic carbocycles. The van der Waals surface area contributed by atoms with Crippen LogP contribution in [0.1, 0.15) is 13.8 Å². The van der Waals surface area contributed by atoms with E-state index in [9.17, 15) is 13.2 Å². The number of hydrogen-bond acceptors (Lipinski definition) is 1. The molecule has 0 N–H and O–H groups in total. The van der Waals surface area contributed by atoms with Crippen LogP contribution < -0.4 is 0 Å². The molecule has 0 spiro atoms. The third-order valence-electron chi connectivity index (χ3n) is 1.90. The Bertz CT molecular complexity index is 261. The van der Waals surface area contributed by atoms with Crippen molar-refractivity contribution < 1.29 is 13.2 Å². The normalized spacial score (nSPS) is 13.3. The van der Waals surface area contributed by atoms with Crippen LogP contribution in [0.25, 0.3) is 0 Å². The Morgan fingerprint density at radius 1 is 1.31 bits per heavy atom. The first-order valence-electron chi connectivity index (χ1n) is 3.85. The first kappa shape index (κ1) is 10.1. The SMILES string of the molecule is CC(C)(Cn1ccnc1)C(F)(F)F. The number of aromatic nitrogens is 2. The molecule has 0 radical (unpaired) electrons. The van der Waals surface area contributed by atoms with E-state index in [4.69, 9.17) is 0 Å². The van der Waals surface area contributed by atoms with Crippen molar-refractivity contribution in [2.45, 2.75) is 26.6 Å². The van der Waals surface area contributed by atoms with Gasteiger partial charge in [0.2, 0.25) is 0 Å². The lowest BCUT2D eigenvalue weighted by molar-refractivity contribution is -0.215. The third-order valence-corrected chi connectivity index (χ3v) is 1.90. The van der Waals surface area contributed by atoms with Gasteiger partial charge in [-0.25, -0.2) is 4.98 Å². The lowest BCUT2D eigenvalue weighted by atomic mass is 9.93. The molecule has 0 aliphatic rings. The van der Waals surface area contributed by atoms with Crippen LogP contribution in [-0.2, 0) is 6.54 Å². The van der Waals surface area contributed by atoms with Gasteiger partial charge in [-0.3, -0.25) is 0 Å². The van der Waals surface area contributed by atoms with Crippen molar-refractivity contribution in [2.24, 2.45) is 5.41 Å². The van der Waals surface area contributed by atoms with Gasteiger partial charge in [0.25, 0.3) is 0 Å². The standard InChI is InChI=1S/C8H11F3N2/c1-7(2,8(9,10)11)5-13-4-3-12-6-13/h3-4,6H,5H2,1-2H3. The summed E-state index contributed by atoms with van der Waals surface area (Å²) in [7, 11) is 0. The number of halogens is 3. The Balaban J connectivity index is 2.73. The summed E-state index contributed by atoms with van der Waals surface area (Å²) in [6.07, 6.45) is 0.185. The molecule has 1 rings (SSSR count). The topological polar surface area (TPSA) is 17.8 Å². The molecule has 2 nitrogen and oxygen atoms in total. The molecule has 0 saturated heterocycles. The smallest absolute Gasteiger partial charge is 0.337 e. The van der Waals surface area contributed by atoms with E-state index in [0.29, 0.717) is 0 Å². The molecule has 0 amide bonds. The van der Waals surface area contributed by atoms with Crippen LogP contribution in [0.15, 0.2) is 18.7 Å². The Labute approximate surface area is 74.4 Å². The van der Waals surface area contributed by atoms with Crippen LogP contribution in [0.5, 0.6) is 0 Å². The van der Waals surface area contributed by atoms with Crippen LogP contribution in [-0.4, -0.2) is 15.7 Å². The fourth-order valence-electron chi connectivity index (χ4n) is 0.926. The number of hydrogen-bond donors (Lipinski definition) is 0. The molecule has 1 aromatic rings. The van der Waals surface area contributed by atoms with E-state index in [1.807, 2.05) is 0 Å². The number of alkyl halides is 3. The van der Waals surface area contributed by atoms with E-state index >= 15 is 0 Å². The molecule has 5 heteroatoms. The molecule has 74 valence electrons. The fraction of sp³-hybridized carbons (Fsp3) is 0.625. The molecule has 0 unspecified atom stereocenters. The second-order valence-corrected chi connectivity index (χ2v) is 3.62. The van der Waals surface area contributed by atoms with Crippen molar-refractivity contribution in [2.75, 3.05) is 0 Å². The van der Waals surface area contributed by atoms with Crippen molar-refractivity contribution in [3.05, 3.63) is 18.7 Å². The molecular weight excluding hydrogens is 181 g/mol. The van der Waals surface area contributed by atoms with Crippen molar-refractivity contribution in [3.8, 4) is 0 Å². The maximum Gasteiger partial charge on any atom is 0.395 e. The van der Waals surface area contributed by atoms with Gasteiger partial charge in [0.05, 0.1) is 11.7 Å². The third kappa shape index (κ3) is 2.23. The highest BCUT2D eigenvalue weighted by Gasteiger charge is 2.47. The van der Waals surface area contributed by atoms with Crippen molar-refractivity contribution in [1.82, 2.24) is 9.55 Å². The Morgan fingerprint density at radius 2 is 1.92 bits per heavy atom. The molecule has 0 aliphatic heterocycles. The number of rotatable bonds is 2.